The summed E-state index contributed by atoms with van der Waals surface area (Å²) in [5.41, 5.74) is 1.32. The zero-order chi connectivity index (χ0) is 28.3. The summed E-state index contributed by atoms with van der Waals surface area (Å²) >= 11 is 0. The molecule has 2 amide bonds. The number of nitrogens with zero attached hydrogens (tertiary/aromatic N) is 2. The Kier molecular flexibility index (Phi) is 5.64. The number of fused-ring (bicyclic) bond motifs is 5. The van der Waals surface area contributed by atoms with Gasteiger partial charge >= 0.3 is 0 Å². The molecule has 0 radical (unpaired) electrons. The maximum Gasteiger partial charge on any atom is 0.291 e. The van der Waals surface area contributed by atoms with Crippen molar-refractivity contribution < 1.29 is 18.4 Å². The summed E-state index contributed by atoms with van der Waals surface area (Å²) in [5, 5.41) is 0.304. The van der Waals surface area contributed by atoms with Crippen LogP contribution >= 0.6 is 0 Å². The predicted octanol–water partition coefficient (Wildman–Crippen LogP) is 5.73. The molecule has 1 atom stereocenters. The van der Waals surface area contributed by atoms with E-state index in [4.69, 9.17) is 4.42 Å². The Labute approximate surface area is 235 Å². The Balaban J connectivity index is 1.48. The zero-order valence-electron chi connectivity index (χ0n) is 22.3. The smallest absolute Gasteiger partial charge is 0.291 e. The maximum atomic E-state index is 14.8. The molecule has 202 valence electrons. The summed E-state index contributed by atoms with van der Waals surface area (Å²) in [5.74, 6) is -1.58. The Morgan fingerprint density at radius 3 is 2.39 bits per heavy atom. The first-order chi connectivity index (χ1) is 19.9. The molecular formula is C34H25FN2O4. The largest absolute Gasteiger partial charge is 0.450 e. The van der Waals surface area contributed by atoms with E-state index in [1.54, 1.807) is 54.6 Å². The highest BCUT2D eigenvalue weighted by Crippen LogP contribution is 2.53. The van der Waals surface area contributed by atoms with Crippen LogP contribution in [0, 0.1) is 12.7 Å². The number of hydrogen-bond donors (Lipinski definition) is 0. The molecule has 1 spiro atoms. The third-order valence-corrected chi connectivity index (χ3v) is 8.14. The molecule has 5 aromatic rings. The third-order valence-electron chi connectivity index (χ3n) is 8.14. The highest BCUT2D eigenvalue weighted by atomic mass is 19.1. The Hall–Kier alpha value is -5.04. The topological polar surface area (TPSA) is 70.8 Å². The van der Waals surface area contributed by atoms with Crippen molar-refractivity contribution in [2.45, 2.75) is 25.4 Å². The monoisotopic (exact) mass is 544 g/mol. The SMILES string of the molecule is Cc1ccc2oc3c(c(=O)c2c1)C1(C(=O)N(Cc2ccccc2F)c2ccccc21)N(CCc1ccccc1)C3=O. The molecule has 0 aliphatic carbocycles. The van der Waals surface area contributed by atoms with E-state index >= 15 is 0 Å². The van der Waals surface area contributed by atoms with Gasteiger partial charge in [0.05, 0.1) is 23.2 Å². The Bertz CT molecular complexity index is 1930. The van der Waals surface area contributed by atoms with Crippen molar-refractivity contribution in [3.8, 4) is 0 Å². The van der Waals surface area contributed by atoms with Gasteiger partial charge in [-0.25, -0.2) is 4.39 Å². The zero-order valence-corrected chi connectivity index (χ0v) is 22.3. The number of para-hydroxylation sites is 1. The van der Waals surface area contributed by atoms with Crippen LogP contribution in [-0.4, -0.2) is 23.3 Å². The van der Waals surface area contributed by atoms with Gasteiger partial charge < -0.3 is 14.2 Å². The van der Waals surface area contributed by atoms with Crippen molar-refractivity contribution in [3.05, 3.63) is 147 Å². The van der Waals surface area contributed by atoms with Crippen LogP contribution < -0.4 is 10.3 Å². The van der Waals surface area contributed by atoms with Crippen molar-refractivity contribution in [3.63, 3.8) is 0 Å². The molecular weight excluding hydrogens is 519 g/mol. The van der Waals surface area contributed by atoms with Crippen LogP contribution in [0.25, 0.3) is 11.0 Å². The summed E-state index contributed by atoms with van der Waals surface area (Å²) in [6, 6.07) is 28.2. The molecule has 0 saturated heterocycles. The predicted molar refractivity (Wildman–Crippen MR) is 153 cm³/mol. The van der Waals surface area contributed by atoms with E-state index < -0.39 is 28.6 Å². The number of halogens is 1. The van der Waals surface area contributed by atoms with Crippen LogP contribution in [-0.2, 0) is 23.3 Å². The molecule has 4 aromatic carbocycles. The summed E-state index contributed by atoms with van der Waals surface area (Å²) < 4.78 is 20.9. The lowest BCUT2D eigenvalue weighted by molar-refractivity contribution is -0.126. The fourth-order valence-electron chi connectivity index (χ4n) is 6.24. The fourth-order valence-corrected chi connectivity index (χ4v) is 6.24. The van der Waals surface area contributed by atoms with Crippen LogP contribution in [0.4, 0.5) is 10.1 Å². The first-order valence-corrected chi connectivity index (χ1v) is 13.5. The molecule has 41 heavy (non-hydrogen) atoms. The summed E-state index contributed by atoms with van der Waals surface area (Å²) in [4.78, 5) is 46.3. The minimum atomic E-state index is -1.75. The molecule has 3 heterocycles. The van der Waals surface area contributed by atoms with Crippen LogP contribution in [0.1, 0.15) is 38.4 Å². The number of hydrogen-bond acceptors (Lipinski definition) is 4. The number of benzene rings is 4. The second-order valence-corrected chi connectivity index (χ2v) is 10.5. The van der Waals surface area contributed by atoms with E-state index in [0.717, 1.165) is 11.1 Å². The normalized spacial score (nSPS) is 17.5. The highest BCUT2D eigenvalue weighted by Gasteiger charge is 2.64. The van der Waals surface area contributed by atoms with Gasteiger partial charge in [-0.2, -0.15) is 0 Å². The van der Waals surface area contributed by atoms with E-state index in [2.05, 4.69) is 0 Å². The van der Waals surface area contributed by atoms with Gasteiger partial charge in [-0.1, -0.05) is 78.4 Å². The molecule has 7 rings (SSSR count). The van der Waals surface area contributed by atoms with E-state index in [-0.39, 0.29) is 30.0 Å². The quantitative estimate of drug-likeness (QED) is 0.283. The highest BCUT2D eigenvalue weighted by molar-refractivity contribution is 6.17. The van der Waals surface area contributed by atoms with Gasteiger partial charge in [0.1, 0.15) is 11.4 Å². The van der Waals surface area contributed by atoms with Crippen molar-refractivity contribution >= 4 is 28.5 Å². The molecule has 6 nitrogen and oxygen atoms in total. The first-order valence-electron chi connectivity index (χ1n) is 13.5. The van der Waals surface area contributed by atoms with Gasteiger partial charge in [0, 0.05) is 17.7 Å². The maximum absolute atomic E-state index is 14.8. The summed E-state index contributed by atoms with van der Waals surface area (Å²) in [7, 11) is 0. The molecule has 0 saturated carbocycles. The Morgan fingerprint density at radius 2 is 1.59 bits per heavy atom. The van der Waals surface area contributed by atoms with Crippen molar-refractivity contribution in [1.82, 2.24) is 4.90 Å². The fraction of sp³-hybridized carbons (Fsp3) is 0.147. The standard InChI is InChI=1S/C34H25FN2O4/c1-21-15-16-28-24(19-21)30(38)29-31(41-28)32(39)37(18-17-22-9-3-2-4-10-22)34(29)25-12-6-8-14-27(25)36(33(34)40)20-23-11-5-7-13-26(23)35/h2-16,19H,17-18,20H2,1H3. The van der Waals surface area contributed by atoms with Crippen molar-refractivity contribution in [2.24, 2.45) is 0 Å². The second kappa shape index (κ2) is 9.27. The lowest BCUT2D eigenvalue weighted by atomic mass is 9.83. The molecule has 1 aromatic heterocycles. The first kappa shape index (κ1) is 25.0. The van der Waals surface area contributed by atoms with Crippen LogP contribution in [0.15, 0.2) is 106 Å². The molecule has 1 unspecified atom stereocenters. The van der Waals surface area contributed by atoms with Crippen molar-refractivity contribution in [1.29, 1.82) is 0 Å². The van der Waals surface area contributed by atoms with Gasteiger partial charge in [-0.05, 0) is 43.2 Å². The average molecular weight is 545 g/mol. The van der Waals surface area contributed by atoms with Gasteiger partial charge in [0.15, 0.2) is 11.0 Å². The van der Waals surface area contributed by atoms with Gasteiger partial charge in [-0.15, -0.1) is 0 Å². The van der Waals surface area contributed by atoms with E-state index in [0.29, 0.717) is 28.6 Å². The van der Waals surface area contributed by atoms with Gasteiger partial charge in [0.25, 0.3) is 11.8 Å². The Morgan fingerprint density at radius 1 is 0.854 bits per heavy atom. The molecule has 0 N–H and O–H groups in total. The van der Waals surface area contributed by atoms with Crippen LogP contribution in [0.2, 0.25) is 0 Å². The number of carbonyl (C=O) groups excluding carboxylic acids is 2. The molecule has 7 heteroatoms. The van der Waals surface area contributed by atoms with Gasteiger partial charge in [0.2, 0.25) is 5.76 Å². The van der Waals surface area contributed by atoms with E-state index in [9.17, 15) is 18.8 Å². The summed E-state index contributed by atoms with van der Waals surface area (Å²) in [6.45, 7) is 1.97. The number of anilines is 1. The number of carbonyl (C=O) groups is 2. The van der Waals surface area contributed by atoms with Crippen molar-refractivity contribution in [2.75, 3.05) is 11.4 Å². The summed E-state index contributed by atoms with van der Waals surface area (Å²) in [6.07, 6.45) is 0.456. The lowest BCUT2D eigenvalue weighted by Gasteiger charge is -2.34. The lowest BCUT2D eigenvalue weighted by Crippen LogP contribution is -2.53. The molecule has 0 fully saturated rings. The van der Waals surface area contributed by atoms with Gasteiger partial charge in [-0.3, -0.25) is 14.4 Å². The molecule has 0 bridgehead atoms. The average Bonchev–Trinajstić information content (AvgIpc) is 3.38. The molecule has 2 aliphatic rings. The minimum absolute atomic E-state index is 0.0159. The van der Waals surface area contributed by atoms with E-state index in [1.165, 1.54) is 15.9 Å². The number of aryl methyl sites for hydroxylation is 1. The number of rotatable bonds is 5. The third kappa shape index (κ3) is 3.58. The minimum Gasteiger partial charge on any atom is -0.450 e. The van der Waals surface area contributed by atoms with Crippen LogP contribution in [0.5, 0.6) is 0 Å². The number of amides is 2. The van der Waals surface area contributed by atoms with Crippen LogP contribution in [0.3, 0.4) is 0 Å². The molecule has 2 aliphatic heterocycles. The van der Waals surface area contributed by atoms with E-state index in [1.807, 2.05) is 43.3 Å². The second-order valence-electron chi connectivity index (χ2n) is 10.5.